The van der Waals surface area contributed by atoms with Gasteiger partial charge in [0.15, 0.2) is 23.0 Å². The average molecular weight is 1310 g/mol. The Kier molecular flexibility index (Phi) is 20.6. The Labute approximate surface area is 573 Å². The van der Waals surface area contributed by atoms with Gasteiger partial charge in [-0.3, -0.25) is 0 Å². The predicted octanol–water partition coefficient (Wildman–Crippen LogP) is 18.0. The van der Waals surface area contributed by atoms with Crippen molar-refractivity contribution in [3.05, 3.63) is 234 Å². The number of aromatic nitrogens is 2. The van der Waals surface area contributed by atoms with E-state index in [1.807, 2.05) is 38.1 Å². The number of ether oxygens (including phenoxy) is 6. The first-order valence-corrected chi connectivity index (χ1v) is 37.1. The molecule has 4 heterocycles. The highest BCUT2D eigenvalue weighted by atomic mass is 31.1. The van der Waals surface area contributed by atoms with Crippen molar-refractivity contribution in [1.29, 1.82) is 0 Å². The molecule has 4 aliphatic rings. The molecule has 2 aromatic heterocycles. The number of hydrogen-bond donors (Lipinski definition) is 0. The highest BCUT2D eigenvalue weighted by Crippen LogP contribution is 2.52. The zero-order valence-electron chi connectivity index (χ0n) is 59.4. The summed E-state index contributed by atoms with van der Waals surface area (Å²) in [4.78, 5) is 8.94. The Morgan fingerprint density at radius 1 is 0.312 bits per heavy atom. The number of hydrogen-bond acceptors (Lipinski definition) is 8. The minimum atomic E-state index is -0.860. The van der Waals surface area contributed by atoms with Crippen LogP contribution < -0.4 is 60.2 Å². The Morgan fingerprint density at radius 3 is 0.938 bits per heavy atom. The maximum atomic E-state index is 5.91. The third-order valence-electron chi connectivity index (χ3n) is 19.9. The fourth-order valence-electron chi connectivity index (χ4n) is 15.5. The zero-order chi connectivity index (χ0) is 67.6. The van der Waals surface area contributed by atoms with Crippen LogP contribution in [0.15, 0.2) is 133 Å². The van der Waals surface area contributed by atoms with Gasteiger partial charge < -0.3 is 28.4 Å². The number of aryl methyl sites for hydroxylation is 16. The predicted molar refractivity (Wildman–Crippen MR) is 403 cm³/mol. The molecule has 2 aliphatic carbocycles. The monoisotopic (exact) mass is 1310 g/mol. The third kappa shape index (κ3) is 13.2. The fourth-order valence-corrected chi connectivity index (χ4v) is 21.7. The number of pyridine rings is 2. The normalized spacial score (nSPS) is 13.6. The van der Waals surface area contributed by atoms with E-state index in [0.29, 0.717) is 38.2 Å². The van der Waals surface area contributed by atoms with Crippen LogP contribution in [0.3, 0.4) is 0 Å². The quantitative estimate of drug-likeness (QED) is 0.119. The molecule has 0 saturated heterocycles. The van der Waals surface area contributed by atoms with Crippen molar-refractivity contribution in [2.45, 2.75) is 148 Å². The van der Waals surface area contributed by atoms with Gasteiger partial charge >= 0.3 is 0 Å². The van der Waals surface area contributed by atoms with Crippen molar-refractivity contribution in [3.63, 3.8) is 0 Å². The van der Waals surface area contributed by atoms with Crippen molar-refractivity contribution < 1.29 is 28.4 Å². The lowest BCUT2D eigenvalue weighted by atomic mass is 9.81. The van der Waals surface area contributed by atoms with Crippen molar-refractivity contribution in [1.82, 2.24) is 9.97 Å². The molecular formula is C86H94N2O6P2. The second kappa shape index (κ2) is 29.2. The first-order chi connectivity index (χ1) is 46.4. The maximum Gasteiger partial charge on any atom is 0.213 e. The standard InChI is InChI=1S/C52H56P2.C18H18O4.C16H20N2O2/c1-33-17-13-18-34(2)49(33)53(50-35(3)19-14-20-36(50)4)45-31-29-41-25-9-11-27-43(41)47(45)48-44-28-12-10-26-42(44)30-32-46(48)54(51-37(5)21-15-22-38(51)6)52-39(7)23-16-24-40(52)8;1-11-3-5-13-17(21-9-7-19-13)15(11)16-12(2)4-6-14-18(16)22-10-8-20-14;1-9-7-13(19-5)17-11(3)15(9)16-10(2)8-14(20-6)18-12(16)4/h13-24,29-32H,9-12,25-28H2,1-8H3;3-6H,7-10H2,1-2H3;7-8H,1-6H3. The summed E-state index contributed by atoms with van der Waals surface area (Å²) >= 11 is 0. The van der Waals surface area contributed by atoms with Gasteiger partial charge in [-0.05, 0) is 308 Å². The first kappa shape index (κ1) is 67.7. The van der Waals surface area contributed by atoms with Crippen molar-refractivity contribution >= 4 is 47.7 Å². The van der Waals surface area contributed by atoms with E-state index in [1.165, 1.54) is 83.0 Å². The number of rotatable bonds is 11. The molecule has 10 aromatic rings. The highest BCUT2D eigenvalue weighted by molar-refractivity contribution is 7.81. The van der Waals surface area contributed by atoms with E-state index in [-0.39, 0.29) is 0 Å². The molecule has 494 valence electrons. The maximum absolute atomic E-state index is 5.91. The first-order valence-electron chi connectivity index (χ1n) is 34.4. The molecule has 96 heavy (non-hydrogen) atoms. The van der Waals surface area contributed by atoms with Crippen LogP contribution in [0.2, 0.25) is 0 Å². The molecule has 2 aliphatic heterocycles. The van der Waals surface area contributed by atoms with Crippen LogP contribution in [0.4, 0.5) is 0 Å². The van der Waals surface area contributed by atoms with Gasteiger partial charge in [-0.1, -0.05) is 109 Å². The van der Waals surface area contributed by atoms with Gasteiger partial charge in [0, 0.05) is 45.8 Å². The lowest BCUT2D eigenvalue weighted by Crippen LogP contribution is -2.33. The average Bonchev–Trinajstić information content (AvgIpc) is 0.725. The minimum Gasteiger partial charge on any atom is -0.486 e. The molecule has 0 radical (unpaired) electrons. The van der Waals surface area contributed by atoms with Gasteiger partial charge in [-0.15, -0.1) is 0 Å². The van der Waals surface area contributed by atoms with Crippen LogP contribution in [-0.4, -0.2) is 50.6 Å². The molecule has 0 fully saturated rings. The summed E-state index contributed by atoms with van der Waals surface area (Å²) < 4.78 is 33.7. The summed E-state index contributed by atoms with van der Waals surface area (Å²) in [6, 6.07) is 50.2. The molecule has 0 spiro atoms. The van der Waals surface area contributed by atoms with Gasteiger partial charge in [-0.2, -0.15) is 0 Å². The molecule has 10 heteroatoms. The van der Waals surface area contributed by atoms with Gasteiger partial charge in [0.1, 0.15) is 26.4 Å². The molecule has 8 nitrogen and oxygen atoms in total. The summed E-state index contributed by atoms with van der Waals surface area (Å²) in [6.07, 6.45) is 9.78. The van der Waals surface area contributed by atoms with Crippen LogP contribution in [0.5, 0.6) is 34.8 Å². The van der Waals surface area contributed by atoms with E-state index in [1.54, 1.807) is 79.4 Å². The smallest absolute Gasteiger partial charge is 0.213 e. The third-order valence-corrected chi connectivity index (χ3v) is 26.2. The van der Waals surface area contributed by atoms with Crippen LogP contribution in [0.25, 0.3) is 33.4 Å². The lowest BCUT2D eigenvalue weighted by molar-refractivity contribution is 0.169. The van der Waals surface area contributed by atoms with Gasteiger partial charge in [0.2, 0.25) is 11.8 Å². The van der Waals surface area contributed by atoms with E-state index in [0.717, 1.165) is 91.7 Å². The summed E-state index contributed by atoms with van der Waals surface area (Å²) in [5.74, 6) is 4.47. The minimum absolute atomic E-state index is 0.564. The van der Waals surface area contributed by atoms with Gasteiger partial charge in [0.25, 0.3) is 0 Å². The zero-order valence-corrected chi connectivity index (χ0v) is 61.2. The van der Waals surface area contributed by atoms with Gasteiger partial charge in [0.05, 0.1) is 14.2 Å². The molecule has 0 atom stereocenters. The number of nitrogens with zero attached hydrogens (tertiary/aromatic N) is 2. The van der Waals surface area contributed by atoms with Gasteiger partial charge in [-0.25, -0.2) is 9.97 Å². The molecular weight excluding hydrogens is 1220 g/mol. The molecule has 0 unspecified atom stereocenters. The van der Waals surface area contributed by atoms with E-state index < -0.39 is 15.8 Å². The number of benzene rings is 8. The van der Waals surface area contributed by atoms with Crippen LogP contribution in [0, 0.1) is 96.9 Å². The van der Waals surface area contributed by atoms with E-state index in [9.17, 15) is 0 Å². The van der Waals surface area contributed by atoms with Crippen molar-refractivity contribution in [3.8, 4) is 68.1 Å². The van der Waals surface area contributed by atoms with Crippen molar-refractivity contribution in [2.24, 2.45) is 0 Å². The summed E-state index contributed by atoms with van der Waals surface area (Å²) in [5.41, 5.74) is 31.7. The number of fused-ring (bicyclic) bond motifs is 4. The summed E-state index contributed by atoms with van der Waals surface area (Å²) in [5, 5.41) is 9.30. The molecule has 0 N–H and O–H groups in total. The second-order valence-electron chi connectivity index (χ2n) is 26.7. The van der Waals surface area contributed by atoms with E-state index in [4.69, 9.17) is 28.4 Å². The van der Waals surface area contributed by atoms with E-state index >= 15 is 0 Å². The number of methoxy groups -OCH3 is 2. The Hall–Kier alpha value is -8.28. The Bertz CT molecular complexity index is 4090. The molecule has 14 rings (SSSR count). The molecule has 0 bridgehead atoms. The van der Waals surface area contributed by atoms with Crippen LogP contribution in [0.1, 0.15) is 126 Å². The summed E-state index contributed by atoms with van der Waals surface area (Å²) in [6.45, 7) is 33.5. The Balaban J connectivity index is 0.000000170. The van der Waals surface area contributed by atoms with Crippen LogP contribution >= 0.6 is 15.8 Å². The second-order valence-corrected chi connectivity index (χ2v) is 30.8. The largest absolute Gasteiger partial charge is 0.486 e. The SMILES string of the molecule is COc1cc(C)c(-c2c(C)cc(OC)nc2C)c(C)n1.Cc1ccc2c(c1-c1c(C)ccc3c1OCCO3)OCCO2.Cc1cccc(C)c1P(c1ccc2c(c1-c1c(P(c3c(C)cccc3C)c3c(C)cccc3C)ccc3c1CCCC3)CCCC2)c1c(C)cccc1C. The molecule has 0 saturated carbocycles. The fraction of sp³-hybridized carbons (Fsp3) is 0.326. The molecule has 8 aromatic carbocycles. The van der Waals surface area contributed by atoms with Crippen molar-refractivity contribution in [2.75, 3.05) is 40.6 Å². The molecule has 0 amide bonds. The highest BCUT2D eigenvalue weighted by Gasteiger charge is 2.36. The Morgan fingerprint density at radius 2 is 0.625 bits per heavy atom. The lowest BCUT2D eigenvalue weighted by Gasteiger charge is -2.35. The summed E-state index contributed by atoms with van der Waals surface area (Å²) in [7, 11) is 1.54. The topological polar surface area (TPSA) is 81.2 Å². The van der Waals surface area contributed by atoms with Crippen LogP contribution in [-0.2, 0) is 25.7 Å². The van der Waals surface area contributed by atoms with E-state index in [2.05, 4.69) is 202 Å².